The summed E-state index contributed by atoms with van der Waals surface area (Å²) in [6.45, 7) is 2.33. The Kier molecular flexibility index (Phi) is 2.95. The summed E-state index contributed by atoms with van der Waals surface area (Å²) in [5.41, 5.74) is 3.91. The number of hydrogen-bond donors (Lipinski definition) is 1. The highest BCUT2D eigenvalue weighted by molar-refractivity contribution is 5.67. The first kappa shape index (κ1) is 15.2. The molecule has 1 unspecified atom stereocenters. The van der Waals surface area contributed by atoms with Gasteiger partial charge in [-0.05, 0) is 54.9 Å². The average Bonchev–Trinajstić information content (AvgIpc) is 2.96. The Morgan fingerprint density at radius 1 is 1.31 bits per heavy atom. The van der Waals surface area contributed by atoms with Crippen LogP contribution >= 0.6 is 0 Å². The highest BCUT2D eigenvalue weighted by Gasteiger charge is 2.62. The summed E-state index contributed by atoms with van der Waals surface area (Å²) >= 11 is 0. The van der Waals surface area contributed by atoms with E-state index in [0.29, 0.717) is 11.8 Å². The maximum Gasteiger partial charge on any atom is 0.169 e. The first-order chi connectivity index (χ1) is 12.7. The maximum absolute atomic E-state index is 10.5. The van der Waals surface area contributed by atoms with E-state index in [9.17, 15) is 5.11 Å². The Bertz CT molecular complexity index is 853. The molecule has 5 aliphatic rings. The highest BCUT2D eigenvalue weighted by Crippen LogP contribution is 2.62. The molecule has 1 N–H and O–H groups in total. The highest BCUT2D eigenvalue weighted by atomic mass is 16.5. The molecule has 136 valence electrons. The molecule has 1 spiro atoms. The van der Waals surface area contributed by atoms with Crippen molar-refractivity contribution in [3.05, 3.63) is 46.7 Å². The first-order valence-corrected chi connectivity index (χ1v) is 9.94. The Labute approximate surface area is 154 Å². The first-order valence-electron chi connectivity index (χ1n) is 9.94. The van der Waals surface area contributed by atoms with E-state index in [0.717, 1.165) is 31.1 Å². The van der Waals surface area contributed by atoms with E-state index >= 15 is 0 Å². The predicted molar refractivity (Wildman–Crippen MR) is 98.4 cm³/mol. The minimum Gasteiger partial charge on any atom is -0.504 e. The van der Waals surface area contributed by atoms with Crippen LogP contribution in [0.2, 0.25) is 0 Å². The quantitative estimate of drug-likeness (QED) is 0.907. The van der Waals surface area contributed by atoms with Gasteiger partial charge in [-0.2, -0.15) is 0 Å². The molecular weight excluding hydrogens is 326 g/mol. The SMILES string of the molecule is COC1=CC=C2C3Cc4ccc(O)c5c4[C@@]2(CCN3CC2CCC2)[C@H]1O5. The number of nitrogens with zero attached hydrogens (tertiary/aromatic N) is 1. The van der Waals surface area contributed by atoms with Gasteiger partial charge in [0.15, 0.2) is 17.6 Å². The van der Waals surface area contributed by atoms with Gasteiger partial charge in [-0.25, -0.2) is 0 Å². The summed E-state index contributed by atoms with van der Waals surface area (Å²) in [7, 11) is 1.72. The molecule has 3 aliphatic carbocycles. The molecule has 2 aliphatic heterocycles. The second kappa shape index (κ2) is 5.07. The topological polar surface area (TPSA) is 41.9 Å². The van der Waals surface area contributed by atoms with E-state index < -0.39 is 0 Å². The number of benzene rings is 1. The van der Waals surface area contributed by atoms with Gasteiger partial charge in [0.2, 0.25) is 0 Å². The number of aromatic hydroxyl groups is 1. The van der Waals surface area contributed by atoms with Crippen LogP contribution in [0.25, 0.3) is 0 Å². The molecule has 26 heavy (non-hydrogen) atoms. The number of hydrogen-bond acceptors (Lipinski definition) is 4. The lowest BCUT2D eigenvalue weighted by Crippen LogP contribution is -2.60. The van der Waals surface area contributed by atoms with Crippen LogP contribution in [0, 0.1) is 5.92 Å². The monoisotopic (exact) mass is 351 g/mol. The van der Waals surface area contributed by atoms with Crippen molar-refractivity contribution in [2.75, 3.05) is 20.2 Å². The van der Waals surface area contributed by atoms with Crippen molar-refractivity contribution in [2.45, 2.75) is 49.7 Å². The van der Waals surface area contributed by atoms with Gasteiger partial charge in [0.25, 0.3) is 0 Å². The van der Waals surface area contributed by atoms with Crippen molar-refractivity contribution in [1.29, 1.82) is 0 Å². The summed E-state index contributed by atoms with van der Waals surface area (Å²) < 4.78 is 12.0. The van der Waals surface area contributed by atoms with E-state index in [-0.39, 0.29) is 17.3 Å². The number of phenolic OH excluding ortho intramolecular Hbond substituents is 1. The number of piperidine rings is 1. The Morgan fingerprint density at radius 2 is 2.19 bits per heavy atom. The van der Waals surface area contributed by atoms with Gasteiger partial charge in [0.05, 0.1) is 12.5 Å². The third-order valence-electron chi connectivity index (χ3n) is 7.51. The molecular formula is C22H25NO3. The fraction of sp³-hybridized carbons (Fsp3) is 0.545. The summed E-state index contributed by atoms with van der Waals surface area (Å²) in [5.74, 6) is 2.71. The lowest BCUT2D eigenvalue weighted by Gasteiger charge is -2.54. The number of phenols is 1. The van der Waals surface area contributed by atoms with Crippen LogP contribution in [-0.4, -0.2) is 42.4 Å². The smallest absolute Gasteiger partial charge is 0.169 e. The third-order valence-corrected chi connectivity index (χ3v) is 7.51. The zero-order valence-corrected chi connectivity index (χ0v) is 15.2. The second-order valence-electron chi connectivity index (χ2n) is 8.57. The fourth-order valence-electron chi connectivity index (χ4n) is 6.07. The van der Waals surface area contributed by atoms with Crippen molar-refractivity contribution in [1.82, 2.24) is 4.90 Å². The minimum absolute atomic E-state index is 0.136. The number of ether oxygens (including phenoxy) is 2. The van der Waals surface area contributed by atoms with Crippen LogP contribution in [0.5, 0.6) is 11.5 Å². The molecule has 1 saturated carbocycles. The average molecular weight is 351 g/mol. The van der Waals surface area contributed by atoms with Gasteiger partial charge >= 0.3 is 0 Å². The molecule has 1 aromatic rings. The summed E-state index contributed by atoms with van der Waals surface area (Å²) in [6.07, 6.45) is 10.5. The van der Waals surface area contributed by atoms with Gasteiger partial charge in [0, 0.05) is 24.7 Å². The molecule has 2 fully saturated rings. The van der Waals surface area contributed by atoms with Crippen LogP contribution in [0.4, 0.5) is 0 Å². The van der Waals surface area contributed by atoms with Crippen LogP contribution in [0.3, 0.4) is 0 Å². The molecule has 1 saturated heterocycles. The molecule has 0 amide bonds. The fourth-order valence-corrected chi connectivity index (χ4v) is 6.07. The van der Waals surface area contributed by atoms with Crippen LogP contribution < -0.4 is 4.74 Å². The predicted octanol–water partition coefficient (Wildman–Crippen LogP) is 3.29. The van der Waals surface area contributed by atoms with E-state index in [2.05, 4.69) is 23.1 Å². The van der Waals surface area contributed by atoms with E-state index in [1.807, 2.05) is 0 Å². The maximum atomic E-state index is 10.5. The number of allylic oxidation sites excluding steroid dienone is 2. The van der Waals surface area contributed by atoms with Crippen LogP contribution in [0.15, 0.2) is 35.6 Å². The number of likely N-dealkylation sites (tertiary alicyclic amines) is 1. The van der Waals surface area contributed by atoms with E-state index in [4.69, 9.17) is 9.47 Å². The molecule has 2 bridgehead atoms. The molecule has 3 atom stereocenters. The number of rotatable bonds is 3. The number of methoxy groups -OCH3 is 1. The minimum atomic E-state index is -0.150. The van der Waals surface area contributed by atoms with E-state index in [1.165, 1.54) is 42.5 Å². The van der Waals surface area contributed by atoms with Crippen LogP contribution in [0.1, 0.15) is 36.8 Å². The van der Waals surface area contributed by atoms with Gasteiger partial charge in [-0.3, -0.25) is 4.90 Å². The van der Waals surface area contributed by atoms with Gasteiger partial charge in [0.1, 0.15) is 5.76 Å². The normalized spacial score (nSPS) is 34.3. The Hall–Kier alpha value is -1.94. The van der Waals surface area contributed by atoms with Gasteiger partial charge < -0.3 is 14.6 Å². The zero-order chi connectivity index (χ0) is 17.5. The van der Waals surface area contributed by atoms with Gasteiger partial charge in [-0.1, -0.05) is 18.6 Å². The van der Waals surface area contributed by atoms with Crippen molar-refractivity contribution in [3.63, 3.8) is 0 Å². The molecule has 0 aromatic heterocycles. The van der Waals surface area contributed by atoms with Crippen molar-refractivity contribution >= 4 is 0 Å². The largest absolute Gasteiger partial charge is 0.504 e. The molecule has 4 heteroatoms. The van der Waals surface area contributed by atoms with Crippen molar-refractivity contribution in [2.24, 2.45) is 5.92 Å². The molecule has 1 aromatic carbocycles. The lowest BCUT2D eigenvalue weighted by atomic mass is 9.57. The van der Waals surface area contributed by atoms with E-state index in [1.54, 1.807) is 13.2 Å². The van der Waals surface area contributed by atoms with Crippen LogP contribution in [-0.2, 0) is 16.6 Å². The van der Waals surface area contributed by atoms with Crippen molar-refractivity contribution < 1.29 is 14.6 Å². The zero-order valence-electron chi connectivity index (χ0n) is 15.2. The Balaban J connectivity index is 1.52. The second-order valence-corrected chi connectivity index (χ2v) is 8.57. The summed E-state index contributed by atoms with van der Waals surface area (Å²) in [5, 5.41) is 10.5. The lowest BCUT2D eigenvalue weighted by molar-refractivity contribution is 0.0506. The molecule has 6 rings (SSSR count). The molecule has 2 heterocycles. The summed E-state index contributed by atoms with van der Waals surface area (Å²) in [6, 6.07) is 4.37. The summed E-state index contributed by atoms with van der Waals surface area (Å²) in [4.78, 5) is 2.72. The molecule has 4 nitrogen and oxygen atoms in total. The van der Waals surface area contributed by atoms with Gasteiger partial charge in [-0.15, -0.1) is 0 Å². The third kappa shape index (κ3) is 1.69. The standard InChI is InChI=1S/C22H25NO3/c1-25-18-8-6-15-16-11-14-5-7-17(24)20-19(14)22(15,21(18)26-20)9-10-23(16)12-13-3-2-4-13/h5-8,13,16,21,24H,2-4,9-12H2,1H3/t16?,21-,22-/m0/s1. The molecule has 0 radical (unpaired) electrons. The van der Waals surface area contributed by atoms with Crippen molar-refractivity contribution in [3.8, 4) is 11.5 Å². The Morgan fingerprint density at radius 3 is 2.96 bits per heavy atom.